The largest absolute Gasteiger partial charge is 0.496 e. The van der Waals surface area contributed by atoms with Gasteiger partial charge >= 0.3 is 0 Å². The van der Waals surface area contributed by atoms with Crippen molar-refractivity contribution >= 4 is 17.3 Å². The second-order valence-corrected chi connectivity index (χ2v) is 6.08. The maximum absolute atomic E-state index is 12.5. The summed E-state index contributed by atoms with van der Waals surface area (Å²) in [7, 11) is 1.38. The molecule has 0 saturated carbocycles. The molecule has 142 valence electrons. The molecule has 1 heterocycles. The number of aromatic nitrogens is 1. The first-order valence-electron chi connectivity index (χ1n) is 8.33. The topological polar surface area (TPSA) is 114 Å². The number of carbonyl (C=O) groups excluding carboxylic acids is 1. The molecule has 8 heteroatoms. The van der Waals surface area contributed by atoms with Crippen LogP contribution in [-0.2, 0) is 0 Å². The molecule has 0 unspecified atom stereocenters. The highest BCUT2D eigenvalue weighted by Gasteiger charge is 2.19. The van der Waals surface area contributed by atoms with Crippen molar-refractivity contribution < 1.29 is 14.5 Å². The van der Waals surface area contributed by atoms with Gasteiger partial charge in [-0.3, -0.25) is 19.7 Å². The van der Waals surface area contributed by atoms with Crippen LogP contribution < -0.4 is 15.6 Å². The number of ether oxygens (including phenoxy) is 1. The van der Waals surface area contributed by atoms with E-state index in [0.29, 0.717) is 5.69 Å². The zero-order valence-corrected chi connectivity index (χ0v) is 15.2. The first-order chi connectivity index (χ1) is 13.4. The Morgan fingerprint density at radius 3 is 2.43 bits per heavy atom. The Labute approximate surface area is 159 Å². The van der Waals surface area contributed by atoms with E-state index in [4.69, 9.17) is 4.74 Å². The Bertz CT molecular complexity index is 1100. The highest BCUT2D eigenvalue weighted by atomic mass is 16.6. The van der Waals surface area contributed by atoms with E-state index in [0.717, 1.165) is 11.1 Å². The summed E-state index contributed by atoms with van der Waals surface area (Å²) in [5.74, 6) is -0.463. The van der Waals surface area contributed by atoms with Gasteiger partial charge in [0.05, 0.1) is 18.1 Å². The second kappa shape index (κ2) is 7.75. The van der Waals surface area contributed by atoms with Crippen LogP contribution in [0.25, 0.3) is 11.3 Å². The lowest BCUT2D eigenvalue weighted by Crippen LogP contribution is -2.23. The first-order valence-corrected chi connectivity index (χ1v) is 8.33. The number of pyridine rings is 1. The van der Waals surface area contributed by atoms with Crippen LogP contribution in [0.5, 0.6) is 5.75 Å². The van der Waals surface area contributed by atoms with Crippen molar-refractivity contribution in [3.8, 4) is 17.0 Å². The van der Waals surface area contributed by atoms with E-state index < -0.39 is 16.4 Å². The zero-order valence-electron chi connectivity index (χ0n) is 15.2. The van der Waals surface area contributed by atoms with Crippen LogP contribution in [0, 0.1) is 17.0 Å². The summed E-state index contributed by atoms with van der Waals surface area (Å²) in [4.78, 5) is 38.1. The van der Waals surface area contributed by atoms with Crippen molar-refractivity contribution in [3.05, 3.63) is 86.2 Å². The Kier molecular flexibility index (Phi) is 5.21. The number of rotatable bonds is 5. The van der Waals surface area contributed by atoms with Crippen LogP contribution in [0.2, 0.25) is 0 Å². The van der Waals surface area contributed by atoms with Gasteiger partial charge in [0.25, 0.3) is 17.2 Å². The van der Waals surface area contributed by atoms with Crippen LogP contribution in [0.4, 0.5) is 11.4 Å². The van der Waals surface area contributed by atoms with Crippen LogP contribution in [0.1, 0.15) is 15.9 Å². The quantitative estimate of drug-likeness (QED) is 0.520. The molecule has 3 aromatic rings. The van der Waals surface area contributed by atoms with Gasteiger partial charge in [-0.25, -0.2) is 0 Å². The number of carbonyl (C=O) groups is 1. The maximum atomic E-state index is 12.5. The summed E-state index contributed by atoms with van der Waals surface area (Å²) in [6.45, 7) is 1.96. The standard InChI is InChI=1S/C20H17N3O5/c1-12-3-5-13(6-4-12)16-10-8-15(19(24)21-16)20(25)22-17-9-7-14(28-2)11-18(17)23(26)27/h3-11H,1-2H3,(H,21,24)(H,22,25). The Morgan fingerprint density at radius 1 is 1.11 bits per heavy atom. The third-order valence-corrected chi connectivity index (χ3v) is 4.17. The van der Waals surface area contributed by atoms with E-state index in [1.165, 1.54) is 31.4 Å². The number of anilines is 1. The second-order valence-electron chi connectivity index (χ2n) is 6.08. The van der Waals surface area contributed by atoms with Crippen molar-refractivity contribution in [1.82, 2.24) is 4.98 Å². The van der Waals surface area contributed by atoms with Crippen LogP contribution >= 0.6 is 0 Å². The van der Waals surface area contributed by atoms with Crippen LogP contribution in [-0.4, -0.2) is 22.9 Å². The molecule has 0 aliphatic rings. The van der Waals surface area contributed by atoms with Gasteiger partial charge in [-0.05, 0) is 36.8 Å². The monoisotopic (exact) mass is 379 g/mol. The molecule has 2 N–H and O–H groups in total. The molecular formula is C20H17N3O5. The normalized spacial score (nSPS) is 10.4. The number of nitrogens with one attached hydrogen (secondary N) is 2. The average Bonchev–Trinajstić information content (AvgIpc) is 2.68. The molecule has 3 rings (SSSR count). The van der Waals surface area contributed by atoms with Crippen molar-refractivity contribution in [1.29, 1.82) is 0 Å². The summed E-state index contributed by atoms with van der Waals surface area (Å²) in [6, 6.07) is 14.6. The molecule has 28 heavy (non-hydrogen) atoms. The lowest BCUT2D eigenvalue weighted by Gasteiger charge is -2.08. The van der Waals surface area contributed by atoms with E-state index in [9.17, 15) is 19.7 Å². The Hall–Kier alpha value is -3.94. The molecule has 0 bridgehead atoms. The van der Waals surface area contributed by atoms with Crippen molar-refractivity contribution in [2.45, 2.75) is 6.92 Å². The van der Waals surface area contributed by atoms with Gasteiger partial charge < -0.3 is 15.0 Å². The van der Waals surface area contributed by atoms with Gasteiger partial charge in [0.1, 0.15) is 17.0 Å². The minimum absolute atomic E-state index is 0.0298. The molecule has 1 amide bonds. The number of nitro groups is 1. The predicted octanol–water partition coefficient (Wildman–Crippen LogP) is 3.52. The van der Waals surface area contributed by atoms with Gasteiger partial charge in [-0.15, -0.1) is 0 Å². The fourth-order valence-electron chi connectivity index (χ4n) is 2.64. The number of nitrogens with zero attached hydrogens (tertiary/aromatic N) is 1. The minimum Gasteiger partial charge on any atom is -0.496 e. The lowest BCUT2D eigenvalue weighted by atomic mass is 10.1. The number of benzene rings is 2. The molecule has 0 spiro atoms. The van der Waals surface area contributed by atoms with E-state index >= 15 is 0 Å². The molecule has 0 fully saturated rings. The lowest BCUT2D eigenvalue weighted by molar-refractivity contribution is -0.384. The van der Waals surface area contributed by atoms with Gasteiger partial charge in [-0.2, -0.15) is 0 Å². The van der Waals surface area contributed by atoms with Gasteiger partial charge in [0.2, 0.25) is 0 Å². The fourth-order valence-corrected chi connectivity index (χ4v) is 2.64. The smallest absolute Gasteiger partial charge is 0.296 e. The molecule has 8 nitrogen and oxygen atoms in total. The highest BCUT2D eigenvalue weighted by molar-refractivity contribution is 6.05. The number of aromatic amines is 1. The van der Waals surface area contributed by atoms with Crippen molar-refractivity contribution in [2.24, 2.45) is 0 Å². The van der Waals surface area contributed by atoms with E-state index in [1.807, 2.05) is 31.2 Å². The first kappa shape index (κ1) is 18.8. The molecule has 0 aliphatic carbocycles. The highest BCUT2D eigenvalue weighted by Crippen LogP contribution is 2.29. The van der Waals surface area contributed by atoms with Gasteiger partial charge in [-0.1, -0.05) is 29.8 Å². The number of hydrogen-bond donors (Lipinski definition) is 2. The molecule has 0 saturated heterocycles. The third kappa shape index (κ3) is 3.90. The van der Waals surface area contributed by atoms with Crippen LogP contribution in [0.15, 0.2) is 59.4 Å². The van der Waals surface area contributed by atoms with E-state index in [1.54, 1.807) is 6.07 Å². The fraction of sp³-hybridized carbons (Fsp3) is 0.100. The summed E-state index contributed by atoms with van der Waals surface area (Å²) >= 11 is 0. The zero-order chi connectivity index (χ0) is 20.3. The summed E-state index contributed by atoms with van der Waals surface area (Å²) in [5, 5.41) is 13.6. The number of aryl methyl sites for hydroxylation is 1. The summed E-state index contributed by atoms with van der Waals surface area (Å²) in [6.07, 6.45) is 0. The molecular weight excluding hydrogens is 362 g/mol. The predicted molar refractivity (Wildman–Crippen MR) is 105 cm³/mol. The molecule has 0 radical (unpaired) electrons. The van der Waals surface area contributed by atoms with Gasteiger partial charge in [0.15, 0.2) is 0 Å². The summed E-state index contributed by atoms with van der Waals surface area (Å²) < 4.78 is 4.96. The average molecular weight is 379 g/mol. The number of amides is 1. The van der Waals surface area contributed by atoms with Crippen molar-refractivity contribution in [2.75, 3.05) is 12.4 Å². The molecule has 1 aromatic heterocycles. The molecule has 0 aliphatic heterocycles. The Morgan fingerprint density at radius 2 is 1.82 bits per heavy atom. The molecule has 2 aromatic carbocycles. The number of methoxy groups -OCH3 is 1. The maximum Gasteiger partial charge on any atom is 0.296 e. The number of hydrogen-bond acceptors (Lipinski definition) is 5. The van der Waals surface area contributed by atoms with E-state index in [-0.39, 0.29) is 22.7 Å². The number of nitro benzene ring substituents is 1. The minimum atomic E-state index is -0.745. The third-order valence-electron chi connectivity index (χ3n) is 4.17. The van der Waals surface area contributed by atoms with Crippen molar-refractivity contribution in [3.63, 3.8) is 0 Å². The van der Waals surface area contributed by atoms with Crippen LogP contribution in [0.3, 0.4) is 0 Å². The number of H-pyrrole nitrogens is 1. The van der Waals surface area contributed by atoms with E-state index in [2.05, 4.69) is 10.3 Å². The molecule has 0 atom stereocenters. The van der Waals surface area contributed by atoms with Gasteiger partial charge in [0, 0.05) is 5.69 Å². The Balaban J connectivity index is 1.88. The SMILES string of the molecule is COc1ccc(NC(=O)c2ccc(-c3ccc(C)cc3)[nH]c2=O)c([N+](=O)[O-])c1. The summed E-state index contributed by atoms with van der Waals surface area (Å²) in [5.41, 5.74) is 1.35.